The smallest absolute Gasteiger partial charge is 0.496 e. The van der Waals surface area contributed by atoms with Crippen LogP contribution in [0.15, 0.2) is 48.0 Å². The summed E-state index contributed by atoms with van der Waals surface area (Å²) >= 11 is 6.90. The molecule has 2 aromatic rings. The second kappa shape index (κ2) is 9.28. The van der Waals surface area contributed by atoms with E-state index >= 15 is 0 Å². The topological polar surface area (TPSA) is 113 Å². The van der Waals surface area contributed by atoms with Gasteiger partial charge in [0.1, 0.15) is 11.5 Å². The van der Waals surface area contributed by atoms with E-state index in [9.17, 15) is 19.1 Å². The van der Waals surface area contributed by atoms with Crippen LogP contribution >= 0.6 is 19.4 Å². The molecule has 9 heteroatoms. The van der Waals surface area contributed by atoms with E-state index in [0.29, 0.717) is 34.6 Å². The number of ether oxygens (including phenoxy) is 1. The van der Waals surface area contributed by atoms with E-state index in [-0.39, 0.29) is 21.8 Å². The van der Waals surface area contributed by atoms with Crippen molar-refractivity contribution in [3.8, 4) is 17.6 Å². The van der Waals surface area contributed by atoms with Crippen molar-refractivity contribution < 1.29 is 33.5 Å². The van der Waals surface area contributed by atoms with Crippen LogP contribution in [0.2, 0.25) is 0 Å². The Bertz CT molecular complexity index is 1330. The summed E-state index contributed by atoms with van der Waals surface area (Å²) in [6, 6.07) is 11.0. The first kappa shape index (κ1) is 24.9. The van der Waals surface area contributed by atoms with Crippen molar-refractivity contribution in [2.24, 2.45) is 17.8 Å². The molecule has 0 radical (unpaired) electrons. The van der Waals surface area contributed by atoms with Crippen LogP contribution in [-0.2, 0) is 9.30 Å². The minimum absolute atomic E-state index is 0.0525. The first-order chi connectivity index (χ1) is 17.0. The third-order valence-corrected chi connectivity index (χ3v) is 8.29. The molecule has 4 fully saturated rings. The molecular weight excluding hydrogens is 503 g/mol. The van der Waals surface area contributed by atoms with Gasteiger partial charge in [0.2, 0.25) is 0 Å². The molecule has 2 unspecified atom stereocenters. The second-order valence-electron chi connectivity index (χ2n) is 9.91. The first-order valence-electron chi connectivity index (χ1n) is 11.8. The summed E-state index contributed by atoms with van der Waals surface area (Å²) in [4.78, 5) is 30.0. The Balaban J connectivity index is 1.52. The Morgan fingerprint density at radius 2 is 1.67 bits per heavy atom. The van der Waals surface area contributed by atoms with Gasteiger partial charge in [0.05, 0.1) is 18.2 Å². The minimum atomic E-state index is -4.86. The number of hydrogen-bond acceptors (Lipinski definition) is 4. The number of carbonyl (C=O) groups is 1. The molecule has 0 aromatic heterocycles. The molecule has 36 heavy (non-hydrogen) atoms. The molecule has 4 saturated carbocycles. The number of rotatable bonds is 5. The predicted molar refractivity (Wildman–Crippen MR) is 135 cm³/mol. The average molecular weight is 529 g/mol. The molecule has 188 valence electrons. The second-order valence-corrected chi connectivity index (χ2v) is 11.9. The Hall–Kier alpha value is -2.75. The van der Waals surface area contributed by atoms with Gasteiger partial charge in [-0.05, 0) is 97.9 Å². The van der Waals surface area contributed by atoms with E-state index < -0.39 is 13.8 Å². The molecule has 0 spiro atoms. The van der Waals surface area contributed by atoms with Crippen molar-refractivity contribution in [1.29, 1.82) is 0 Å². The van der Waals surface area contributed by atoms with Gasteiger partial charge >= 0.3 is 13.8 Å². The summed E-state index contributed by atoms with van der Waals surface area (Å²) in [5.41, 5.74) is 2.89. The molecule has 6 rings (SSSR count). The van der Waals surface area contributed by atoms with Crippen molar-refractivity contribution in [2.45, 2.75) is 37.0 Å². The van der Waals surface area contributed by atoms with Crippen LogP contribution in [0.5, 0.6) is 5.75 Å². The van der Waals surface area contributed by atoms with Gasteiger partial charge in [0.25, 0.3) is 0 Å². The van der Waals surface area contributed by atoms with Crippen LogP contribution in [0.3, 0.4) is 0 Å². The summed E-state index contributed by atoms with van der Waals surface area (Å²) in [6.07, 6.45) is 5.08. The Labute approximate surface area is 214 Å². The predicted octanol–water partition coefficient (Wildman–Crippen LogP) is 5.43. The van der Waals surface area contributed by atoms with Crippen LogP contribution in [0, 0.1) is 29.6 Å². The van der Waals surface area contributed by atoms with E-state index in [2.05, 4.69) is 11.8 Å². The van der Waals surface area contributed by atoms with Gasteiger partial charge in [-0.25, -0.2) is 9.36 Å². The van der Waals surface area contributed by atoms with Crippen molar-refractivity contribution in [2.75, 3.05) is 7.11 Å². The van der Waals surface area contributed by atoms with E-state index in [1.54, 1.807) is 31.4 Å². The molecule has 0 saturated heterocycles. The lowest BCUT2D eigenvalue weighted by Gasteiger charge is -2.55. The number of aromatic carboxylic acids is 1. The number of phosphoric acid groups is 1. The number of hydrogen-bond donors (Lipinski definition) is 3. The Morgan fingerprint density at radius 3 is 2.22 bits per heavy atom. The van der Waals surface area contributed by atoms with Gasteiger partial charge < -0.3 is 14.4 Å². The van der Waals surface area contributed by atoms with E-state index in [1.165, 1.54) is 17.7 Å². The van der Waals surface area contributed by atoms with Crippen molar-refractivity contribution in [3.63, 3.8) is 0 Å². The quantitative estimate of drug-likeness (QED) is 0.205. The Kier molecular flexibility index (Phi) is 6.43. The number of benzene rings is 2. The fourth-order valence-electron chi connectivity index (χ4n) is 6.27. The van der Waals surface area contributed by atoms with Gasteiger partial charge in [-0.1, -0.05) is 11.8 Å². The lowest BCUT2D eigenvalue weighted by Crippen LogP contribution is -2.48. The summed E-state index contributed by atoms with van der Waals surface area (Å²) in [5, 5.41) is 9.05. The molecule has 7 nitrogen and oxygen atoms in total. The van der Waals surface area contributed by atoms with Crippen molar-refractivity contribution in [1.82, 2.24) is 0 Å². The number of carboxylic acids is 1. The van der Waals surface area contributed by atoms with Gasteiger partial charge in [-0.2, -0.15) is 0 Å². The standard InChI is InChI=1S/C27H26ClO7P/c1-34-25(24-21-10-17-11-22(24)15-27(28,13-17)14-21)20-9-8-18(23(12-20)35-36(31,32)33)5-2-16-3-6-19(7-4-16)26(29)30/h3-4,6-9,12,17,21-22H,10-11,13-15H2,1H3,(H,29,30)(H2,31,32,33). The van der Waals surface area contributed by atoms with Crippen LogP contribution in [-0.4, -0.2) is 32.8 Å². The third kappa shape index (κ3) is 5.05. The van der Waals surface area contributed by atoms with Crippen LogP contribution in [0.4, 0.5) is 0 Å². The minimum Gasteiger partial charge on any atom is -0.496 e. The number of halogens is 1. The fraction of sp³-hybridized carbons (Fsp3) is 0.370. The maximum absolute atomic E-state index is 11.7. The van der Waals surface area contributed by atoms with Crippen LogP contribution < -0.4 is 4.52 Å². The summed E-state index contributed by atoms with van der Waals surface area (Å²) in [6.45, 7) is 0. The Morgan fingerprint density at radius 1 is 1.03 bits per heavy atom. The highest BCUT2D eigenvalue weighted by molar-refractivity contribution is 7.46. The molecular formula is C27H26ClO7P. The van der Waals surface area contributed by atoms with E-state index in [0.717, 1.165) is 32.1 Å². The summed E-state index contributed by atoms with van der Waals surface area (Å²) < 4.78 is 22.6. The molecule has 2 atom stereocenters. The zero-order chi connectivity index (χ0) is 25.7. The van der Waals surface area contributed by atoms with Crippen LogP contribution in [0.1, 0.15) is 59.2 Å². The lowest BCUT2D eigenvalue weighted by molar-refractivity contribution is 0.0696. The zero-order valence-corrected chi connectivity index (χ0v) is 21.3. The largest absolute Gasteiger partial charge is 0.524 e. The van der Waals surface area contributed by atoms with Gasteiger partial charge in [-0.3, -0.25) is 9.79 Å². The molecule has 4 aliphatic rings. The zero-order valence-electron chi connectivity index (χ0n) is 19.6. The highest BCUT2D eigenvalue weighted by Crippen LogP contribution is 2.61. The molecule has 3 N–H and O–H groups in total. The third-order valence-electron chi connectivity index (χ3n) is 7.40. The van der Waals surface area contributed by atoms with Gasteiger partial charge in [0.15, 0.2) is 0 Å². The molecule has 4 aliphatic carbocycles. The molecule has 0 heterocycles. The summed E-state index contributed by atoms with van der Waals surface area (Å²) in [5.74, 6) is 6.70. The van der Waals surface area contributed by atoms with Gasteiger partial charge in [0, 0.05) is 16.0 Å². The highest BCUT2D eigenvalue weighted by atomic mass is 35.5. The maximum atomic E-state index is 11.7. The lowest BCUT2D eigenvalue weighted by atomic mass is 9.53. The number of methoxy groups -OCH3 is 1. The average Bonchev–Trinajstić information content (AvgIpc) is 2.79. The monoisotopic (exact) mass is 528 g/mol. The van der Waals surface area contributed by atoms with E-state index in [4.69, 9.17) is 26.0 Å². The fourth-order valence-corrected chi connectivity index (χ4v) is 7.27. The molecule has 2 aromatic carbocycles. The number of carboxylic acid groups (broad SMARTS) is 1. The van der Waals surface area contributed by atoms with Crippen molar-refractivity contribution in [3.05, 3.63) is 70.3 Å². The number of alkyl halides is 1. The maximum Gasteiger partial charge on any atom is 0.524 e. The highest BCUT2D eigenvalue weighted by Gasteiger charge is 2.53. The normalized spacial score (nSPS) is 26.2. The number of allylic oxidation sites excluding steroid dienone is 1. The molecule has 0 amide bonds. The van der Waals surface area contributed by atoms with Gasteiger partial charge in [-0.15, -0.1) is 11.6 Å². The SMILES string of the molecule is COC(=C1C2CC3CC1CC(Cl)(C3)C2)c1ccc(C#Cc2ccc(C(=O)O)cc2)c(OP(=O)(O)O)c1. The molecule has 0 aliphatic heterocycles. The van der Waals surface area contributed by atoms with E-state index in [1.807, 2.05) is 6.07 Å². The molecule has 4 bridgehead atoms. The summed E-state index contributed by atoms with van der Waals surface area (Å²) in [7, 11) is -3.24. The van der Waals surface area contributed by atoms with Crippen LogP contribution in [0.25, 0.3) is 5.76 Å². The van der Waals surface area contributed by atoms with Crippen molar-refractivity contribution >= 4 is 31.2 Å². The number of phosphoric ester groups is 1. The first-order valence-corrected chi connectivity index (χ1v) is 13.7.